The molecule has 0 heterocycles. The van der Waals surface area contributed by atoms with Crippen LogP contribution in [0.15, 0.2) is 48.5 Å². The van der Waals surface area contributed by atoms with Gasteiger partial charge in [-0.1, -0.05) is 24.3 Å². The molecular weight excluding hydrogens is 299 g/mol. The molecule has 0 bridgehead atoms. The monoisotopic (exact) mass is 312 g/mol. The number of benzene rings is 2. The van der Waals surface area contributed by atoms with Crippen molar-refractivity contribution in [3.63, 3.8) is 0 Å². The molecule has 0 N–H and O–H groups in total. The molecule has 0 aliphatic rings. The van der Waals surface area contributed by atoms with Gasteiger partial charge < -0.3 is 9.05 Å². The minimum absolute atomic E-state index is 0.117. The molecule has 0 unspecified atom stereocenters. The van der Waals surface area contributed by atoms with E-state index in [0.29, 0.717) is 11.1 Å². The third-order valence-corrected chi connectivity index (χ3v) is 3.59. The zero-order valence-electron chi connectivity index (χ0n) is 11.7. The van der Waals surface area contributed by atoms with Crippen molar-refractivity contribution in [1.29, 1.82) is 10.5 Å². The molecule has 2 aromatic rings. The fourth-order valence-electron chi connectivity index (χ4n) is 1.79. The molecule has 0 aliphatic carbocycles. The van der Waals surface area contributed by atoms with Crippen LogP contribution >= 0.6 is 8.25 Å². The molecule has 0 aromatic heterocycles. The highest BCUT2D eigenvalue weighted by Gasteiger charge is 2.03. The van der Waals surface area contributed by atoms with Crippen molar-refractivity contribution >= 4 is 8.25 Å². The van der Waals surface area contributed by atoms with Crippen LogP contribution < -0.4 is 0 Å². The number of hydrogen-bond donors (Lipinski definition) is 0. The van der Waals surface area contributed by atoms with E-state index in [1.807, 2.05) is 12.1 Å². The van der Waals surface area contributed by atoms with E-state index >= 15 is 0 Å². The van der Waals surface area contributed by atoms with Gasteiger partial charge in [0.15, 0.2) is 0 Å². The van der Waals surface area contributed by atoms with E-state index < -0.39 is 8.25 Å². The normalized spacial score (nSPS) is 10.1. The van der Waals surface area contributed by atoms with Gasteiger partial charge in [0.25, 0.3) is 0 Å². The standard InChI is InChI=1S/C16H13N2O3P/c17-9-13-3-1-5-15(7-13)11-20-22(19)21-12-16-6-2-4-14(8-16)10-18/h1-8,22H,11-12H2. The first-order valence-electron chi connectivity index (χ1n) is 6.49. The van der Waals surface area contributed by atoms with Gasteiger partial charge in [0, 0.05) is 0 Å². The molecule has 2 rings (SSSR count). The molecule has 0 saturated carbocycles. The highest BCUT2D eigenvalue weighted by atomic mass is 31.1. The minimum Gasteiger partial charge on any atom is -0.306 e. The predicted octanol–water partition coefficient (Wildman–Crippen LogP) is 3.55. The van der Waals surface area contributed by atoms with E-state index in [0.717, 1.165) is 11.1 Å². The Morgan fingerprint density at radius 2 is 1.32 bits per heavy atom. The average molecular weight is 312 g/mol. The average Bonchev–Trinajstić information content (AvgIpc) is 2.58. The van der Waals surface area contributed by atoms with Crippen molar-refractivity contribution in [1.82, 2.24) is 0 Å². The van der Waals surface area contributed by atoms with Gasteiger partial charge in [-0.15, -0.1) is 0 Å². The van der Waals surface area contributed by atoms with Crippen LogP contribution in [0.1, 0.15) is 22.3 Å². The molecule has 0 fully saturated rings. The second-order valence-corrected chi connectivity index (χ2v) is 5.53. The Kier molecular flexibility index (Phi) is 5.89. The van der Waals surface area contributed by atoms with E-state index in [1.54, 1.807) is 48.5 Å². The Morgan fingerprint density at radius 1 is 0.864 bits per heavy atom. The van der Waals surface area contributed by atoms with Crippen molar-refractivity contribution in [3.05, 3.63) is 70.8 Å². The van der Waals surface area contributed by atoms with E-state index in [1.165, 1.54) is 0 Å². The van der Waals surface area contributed by atoms with Gasteiger partial charge in [-0.2, -0.15) is 10.5 Å². The molecule has 6 heteroatoms. The van der Waals surface area contributed by atoms with Gasteiger partial charge >= 0.3 is 8.25 Å². The summed E-state index contributed by atoms with van der Waals surface area (Å²) in [6.07, 6.45) is 0. The molecule has 0 saturated heterocycles. The van der Waals surface area contributed by atoms with Crippen LogP contribution in [-0.4, -0.2) is 0 Å². The molecule has 0 atom stereocenters. The Morgan fingerprint density at radius 3 is 1.73 bits per heavy atom. The largest absolute Gasteiger partial charge is 0.319 e. The van der Waals surface area contributed by atoms with Gasteiger partial charge in [0.05, 0.1) is 36.5 Å². The summed E-state index contributed by atoms with van der Waals surface area (Å²) in [6.45, 7) is 0.233. The zero-order valence-corrected chi connectivity index (χ0v) is 12.7. The molecule has 0 radical (unpaired) electrons. The quantitative estimate of drug-likeness (QED) is 0.762. The predicted molar refractivity (Wildman–Crippen MR) is 80.9 cm³/mol. The number of nitriles is 2. The molecule has 5 nitrogen and oxygen atoms in total. The third kappa shape index (κ3) is 4.84. The van der Waals surface area contributed by atoms with Crippen molar-refractivity contribution in [2.24, 2.45) is 0 Å². The lowest BCUT2D eigenvalue weighted by Crippen LogP contribution is -1.91. The van der Waals surface area contributed by atoms with E-state index in [2.05, 4.69) is 0 Å². The molecule has 2 aromatic carbocycles. The summed E-state index contributed by atoms with van der Waals surface area (Å²) in [4.78, 5) is 0. The topological polar surface area (TPSA) is 83.1 Å². The van der Waals surface area contributed by atoms with Gasteiger partial charge in [-0.3, -0.25) is 4.57 Å². The van der Waals surface area contributed by atoms with Crippen molar-refractivity contribution < 1.29 is 13.6 Å². The molecule has 0 amide bonds. The lowest BCUT2D eigenvalue weighted by atomic mass is 10.1. The van der Waals surface area contributed by atoms with Gasteiger partial charge in [0.1, 0.15) is 0 Å². The number of rotatable bonds is 6. The van der Waals surface area contributed by atoms with Crippen LogP contribution in [0.25, 0.3) is 0 Å². The molecule has 0 aliphatic heterocycles. The zero-order chi connectivity index (χ0) is 15.8. The van der Waals surface area contributed by atoms with Crippen molar-refractivity contribution in [3.8, 4) is 12.1 Å². The van der Waals surface area contributed by atoms with E-state index in [-0.39, 0.29) is 13.2 Å². The minimum atomic E-state index is -2.64. The molecular formula is C16H13N2O3P. The summed E-state index contributed by atoms with van der Waals surface area (Å²) < 4.78 is 22.0. The lowest BCUT2D eigenvalue weighted by Gasteiger charge is -2.06. The van der Waals surface area contributed by atoms with E-state index in [4.69, 9.17) is 19.6 Å². The molecule has 22 heavy (non-hydrogen) atoms. The second kappa shape index (κ2) is 8.12. The Bertz CT molecular complexity index is 699. The highest BCUT2D eigenvalue weighted by molar-refractivity contribution is 7.33. The molecule has 0 spiro atoms. The summed E-state index contributed by atoms with van der Waals surface area (Å²) in [5.41, 5.74) is 2.56. The van der Waals surface area contributed by atoms with Crippen molar-refractivity contribution in [2.75, 3.05) is 0 Å². The number of nitrogens with zero attached hydrogens (tertiary/aromatic N) is 2. The maximum Gasteiger partial charge on any atom is 0.319 e. The van der Waals surface area contributed by atoms with Crippen LogP contribution in [0.2, 0.25) is 0 Å². The maximum atomic E-state index is 11.7. The summed E-state index contributed by atoms with van der Waals surface area (Å²) in [5, 5.41) is 17.6. The Hall–Kier alpha value is -2.43. The molecule has 110 valence electrons. The lowest BCUT2D eigenvalue weighted by molar-refractivity contribution is 0.213. The number of hydrogen-bond acceptors (Lipinski definition) is 5. The summed E-state index contributed by atoms with van der Waals surface area (Å²) >= 11 is 0. The third-order valence-electron chi connectivity index (χ3n) is 2.83. The highest BCUT2D eigenvalue weighted by Crippen LogP contribution is 2.27. The van der Waals surface area contributed by atoms with Crippen LogP contribution in [-0.2, 0) is 26.8 Å². The second-order valence-electron chi connectivity index (χ2n) is 4.45. The van der Waals surface area contributed by atoms with Crippen molar-refractivity contribution in [2.45, 2.75) is 13.2 Å². The fourth-order valence-corrected chi connectivity index (χ4v) is 2.44. The van der Waals surface area contributed by atoms with Crippen LogP contribution in [0.5, 0.6) is 0 Å². The van der Waals surface area contributed by atoms with Crippen LogP contribution in [0.4, 0.5) is 0 Å². The first kappa shape index (κ1) is 15.9. The van der Waals surface area contributed by atoms with Crippen LogP contribution in [0.3, 0.4) is 0 Å². The Balaban J connectivity index is 1.83. The van der Waals surface area contributed by atoms with Crippen LogP contribution in [0, 0.1) is 22.7 Å². The maximum absolute atomic E-state index is 11.7. The van der Waals surface area contributed by atoms with Gasteiger partial charge in [-0.25, -0.2) is 0 Å². The summed E-state index contributed by atoms with van der Waals surface area (Å²) in [7, 11) is -2.64. The Labute approximate surface area is 129 Å². The smallest absolute Gasteiger partial charge is 0.306 e. The SMILES string of the molecule is N#Cc1cccc(CO[PH](=O)OCc2cccc(C#N)c2)c1. The fraction of sp³-hybridized carbons (Fsp3) is 0.125. The van der Waals surface area contributed by atoms with Gasteiger partial charge in [0.2, 0.25) is 0 Å². The summed E-state index contributed by atoms with van der Waals surface area (Å²) in [5.74, 6) is 0. The first-order chi connectivity index (χ1) is 10.7. The van der Waals surface area contributed by atoms with Gasteiger partial charge in [-0.05, 0) is 35.4 Å². The van der Waals surface area contributed by atoms with E-state index in [9.17, 15) is 4.57 Å². The first-order valence-corrected chi connectivity index (χ1v) is 7.71. The summed E-state index contributed by atoms with van der Waals surface area (Å²) in [6, 6.07) is 17.8.